The van der Waals surface area contributed by atoms with Gasteiger partial charge in [-0.15, -0.1) is 0 Å². The lowest BCUT2D eigenvalue weighted by Crippen LogP contribution is -2.65. The summed E-state index contributed by atoms with van der Waals surface area (Å²) in [4.78, 5) is 13.4. The van der Waals surface area contributed by atoms with E-state index < -0.39 is 86.8 Å². The predicted octanol–water partition coefficient (Wildman–Crippen LogP) is 17.2. The molecule has 2 fully saturated rings. The first-order valence-electron chi connectivity index (χ1n) is 38.6. The number of hydrogen-bond donors (Lipinski definition) is 9. The Morgan fingerprint density at radius 3 is 1.07 bits per heavy atom. The molecule has 2 aliphatic heterocycles. The van der Waals surface area contributed by atoms with Gasteiger partial charge in [-0.05, 0) is 103 Å². The molecule has 1 amide bonds. The number of allylic oxidation sites excluding steroid dienone is 24. The summed E-state index contributed by atoms with van der Waals surface area (Å²) in [7, 11) is 0. The molecule has 2 rings (SSSR count). The van der Waals surface area contributed by atoms with Gasteiger partial charge in [-0.3, -0.25) is 4.79 Å². The second-order valence-electron chi connectivity index (χ2n) is 26.4. The van der Waals surface area contributed by atoms with Gasteiger partial charge in [-0.2, -0.15) is 0 Å². The van der Waals surface area contributed by atoms with Gasteiger partial charge in [0.1, 0.15) is 48.8 Å². The van der Waals surface area contributed by atoms with Crippen molar-refractivity contribution in [3.05, 3.63) is 146 Å². The third kappa shape index (κ3) is 48.4. The van der Waals surface area contributed by atoms with Crippen LogP contribution in [0.2, 0.25) is 0 Å². The van der Waals surface area contributed by atoms with Crippen molar-refractivity contribution in [3.8, 4) is 0 Å². The fourth-order valence-electron chi connectivity index (χ4n) is 11.7. The molecule has 0 aromatic rings. The van der Waals surface area contributed by atoms with Crippen LogP contribution in [0.3, 0.4) is 0 Å². The number of aliphatic hydroxyl groups excluding tert-OH is 8. The molecule has 0 saturated carbocycles. The summed E-state index contributed by atoms with van der Waals surface area (Å²) < 4.78 is 22.9. The number of hydrogen-bond acceptors (Lipinski definition) is 13. The van der Waals surface area contributed by atoms with Crippen molar-refractivity contribution in [2.24, 2.45) is 0 Å². The summed E-state index contributed by atoms with van der Waals surface area (Å²) in [6.45, 7) is 2.74. The first kappa shape index (κ1) is 89.0. The lowest BCUT2D eigenvalue weighted by Gasteiger charge is -2.46. The number of carbonyl (C=O) groups excluding carboxylic acids is 1. The van der Waals surface area contributed by atoms with Gasteiger partial charge in [-0.1, -0.05) is 314 Å². The second kappa shape index (κ2) is 65.2. The average Bonchev–Trinajstić information content (AvgIpc) is 0.794. The van der Waals surface area contributed by atoms with Crippen LogP contribution in [0.5, 0.6) is 0 Å². The third-order valence-corrected chi connectivity index (χ3v) is 17.8. The highest BCUT2D eigenvalue weighted by molar-refractivity contribution is 5.76. The van der Waals surface area contributed by atoms with Crippen LogP contribution in [0.4, 0.5) is 0 Å². The Morgan fingerprint density at radius 2 is 0.711 bits per heavy atom. The minimum Gasteiger partial charge on any atom is -0.394 e. The lowest BCUT2D eigenvalue weighted by atomic mass is 9.97. The summed E-state index contributed by atoms with van der Waals surface area (Å²) in [5, 5.41) is 87.7. The molecular weight excluding hydrogens is 1220 g/mol. The Bertz CT molecular complexity index is 2190. The van der Waals surface area contributed by atoms with Crippen LogP contribution in [-0.2, 0) is 23.7 Å². The number of ether oxygens (including phenoxy) is 4. The standard InChI is InChI=1S/C83H139NO13/c1-3-5-7-9-11-13-15-17-19-21-23-25-27-29-30-31-32-33-34-35-36-37-38-39-40-41-42-43-45-47-49-51-53-55-57-59-61-63-65-67-75(88)84-71(70-94-82-80(93)78(91)81(74(69-86)96-82)97-83-79(92)77(90)76(89)73(68-85)95-83)72(87)66-64-62-60-58-56-54-52-50-48-46-44-28-26-24-22-20-18-16-14-12-10-8-6-4-2/h5,7,11,13,17,19,23,25,29-30,32-33,35-36,38-39,41-42,45,47,51,53,57,59,71-74,76-83,85-87,89-93H,3-4,6,8-10,12,14-16,18,20-22,24,26-28,31,34,37,40,43-44,46,48-50,52,54-56,58,60-70H2,1-2H3,(H,84,88)/b7-5-,13-11-,19-17-,25-23-,30-29-,33-32-,36-35-,39-38-,42-41-,47-45-,53-51-,59-57-. The van der Waals surface area contributed by atoms with Gasteiger partial charge in [0.2, 0.25) is 5.91 Å². The van der Waals surface area contributed by atoms with Gasteiger partial charge in [0.15, 0.2) is 12.6 Å². The first-order valence-corrected chi connectivity index (χ1v) is 38.6. The molecule has 14 nitrogen and oxygen atoms in total. The highest BCUT2D eigenvalue weighted by atomic mass is 16.7. The molecule has 12 atom stereocenters. The molecule has 0 radical (unpaired) electrons. The highest BCUT2D eigenvalue weighted by Crippen LogP contribution is 2.30. The van der Waals surface area contributed by atoms with Crippen molar-refractivity contribution in [1.82, 2.24) is 5.32 Å². The van der Waals surface area contributed by atoms with E-state index in [1.54, 1.807) is 0 Å². The summed E-state index contributed by atoms with van der Waals surface area (Å²) in [6, 6.07) is -0.865. The zero-order valence-electron chi connectivity index (χ0n) is 60.5. The van der Waals surface area contributed by atoms with E-state index in [9.17, 15) is 45.6 Å². The van der Waals surface area contributed by atoms with Crippen molar-refractivity contribution in [2.75, 3.05) is 19.8 Å². The Balaban J connectivity index is 1.67. The maximum absolute atomic E-state index is 13.4. The van der Waals surface area contributed by atoms with E-state index in [-0.39, 0.29) is 18.9 Å². The van der Waals surface area contributed by atoms with Crippen molar-refractivity contribution < 1.29 is 64.6 Å². The highest BCUT2D eigenvalue weighted by Gasteiger charge is 2.51. The van der Waals surface area contributed by atoms with Gasteiger partial charge < -0.3 is 65.1 Å². The molecule has 0 aliphatic carbocycles. The largest absolute Gasteiger partial charge is 0.394 e. The van der Waals surface area contributed by atoms with Crippen LogP contribution in [0.1, 0.15) is 277 Å². The molecule has 0 spiro atoms. The van der Waals surface area contributed by atoms with Crippen LogP contribution in [-0.4, -0.2) is 140 Å². The van der Waals surface area contributed by atoms with Crippen LogP contribution < -0.4 is 5.32 Å². The monoisotopic (exact) mass is 1360 g/mol. The topological polar surface area (TPSA) is 228 Å². The fourth-order valence-corrected chi connectivity index (χ4v) is 11.7. The van der Waals surface area contributed by atoms with Gasteiger partial charge in [-0.25, -0.2) is 0 Å². The van der Waals surface area contributed by atoms with Crippen molar-refractivity contribution in [1.29, 1.82) is 0 Å². The quantitative estimate of drug-likeness (QED) is 0.0204. The van der Waals surface area contributed by atoms with Crippen molar-refractivity contribution in [3.63, 3.8) is 0 Å². The number of aliphatic hydroxyl groups is 8. The predicted molar refractivity (Wildman–Crippen MR) is 401 cm³/mol. The number of unbranched alkanes of at least 4 members (excludes halogenated alkanes) is 25. The number of nitrogens with one attached hydrogen (secondary N) is 1. The summed E-state index contributed by atoms with van der Waals surface area (Å²) in [5.74, 6) is -0.252. The number of rotatable bonds is 62. The van der Waals surface area contributed by atoms with Gasteiger partial charge in [0.25, 0.3) is 0 Å². The molecule has 14 heteroatoms. The van der Waals surface area contributed by atoms with E-state index in [2.05, 4.69) is 165 Å². The van der Waals surface area contributed by atoms with E-state index in [4.69, 9.17) is 18.9 Å². The molecule has 2 heterocycles. The molecule has 97 heavy (non-hydrogen) atoms. The van der Waals surface area contributed by atoms with Gasteiger partial charge in [0, 0.05) is 6.42 Å². The maximum Gasteiger partial charge on any atom is 0.220 e. The zero-order chi connectivity index (χ0) is 70.1. The van der Waals surface area contributed by atoms with Crippen LogP contribution in [0.15, 0.2) is 146 Å². The van der Waals surface area contributed by atoms with Crippen LogP contribution in [0, 0.1) is 0 Å². The zero-order valence-corrected chi connectivity index (χ0v) is 60.5. The number of carbonyl (C=O) groups is 1. The molecule has 0 aromatic carbocycles. The third-order valence-electron chi connectivity index (χ3n) is 17.8. The summed E-state index contributed by atoms with van der Waals surface area (Å²) >= 11 is 0. The second-order valence-corrected chi connectivity index (χ2v) is 26.4. The van der Waals surface area contributed by atoms with E-state index in [0.717, 1.165) is 116 Å². The maximum atomic E-state index is 13.4. The minimum atomic E-state index is -1.80. The molecule has 2 saturated heterocycles. The average molecular weight is 1360 g/mol. The Hall–Kier alpha value is -4.13. The van der Waals surface area contributed by atoms with Gasteiger partial charge >= 0.3 is 0 Å². The van der Waals surface area contributed by atoms with Crippen LogP contribution >= 0.6 is 0 Å². The molecule has 0 bridgehead atoms. The summed E-state index contributed by atoms with van der Waals surface area (Å²) in [5.41, 5.74) is 0. The smallest absolute Gasteiger partial charge is 0.220 e. The summed E-state index contributed by atoms with van der Waals surface area (Å²) in [6.07, 6.45) is 81.5. The molecule has 0 aromatic heterocycles. The fraction of sp³-hybridized carbons (Fsp3) is 0.699. The van der Waals surface area contributed by atoms with E-state index in [1.165, 1.54) is 128 Å². The molecule has 9 N–H and O–H groups in total. The Labute approximate surface area is 589 Å². The van der Waals surface area contributed by atoms with E-state index >= 15 is 0 Å². The molecule has 12 unspecified atom stereocenters. The molecule has 554 valence electrons. The SMILES string of the molecule is CC/C=C\C/C=C\C/C=C\C/C=C\C/C=C\C/C=C\C/C=C\C/C=C\C/C=C\C/C=C\C/C=C\C/C=C\CCCCC(=O)NC(COC1OC(CO)C(OC2OC(CO)C(O)C(O)C2O)C(O)C1O)C(O)CCCCCCCCCCCCCCCCCCCCCCCCCC. The molecular formula is C83H139NO13. The van der Waals surface area contributed by atoms with Crippen molar-refractivity contribution >= 4 is 5.91 Å². The van der Waals surface area contributed by atoms with Crippen LogP contribution in [0.25, 0.3) is 0 Å². The van der Waals surface area contributed by atoms with Crippen molar-refractivity contribution in [2.45, 2.75) is 351 Å². The Morgan fingerprint density at radius 1 is 0.381 bits per heavy atom. The number of amides is 1. The van der Waals surface area contributed by atoms with E-state index in [1.807, 2.05) is 0 Å². The normalized spacial score (nSPS) is 23.0. The molecule has 2 aliphatic rings. The van der Waals surface area contributed by atoms with Gasteiger partial charge in [0.05, 0.1) is 32.0 Å². The first-order chi connectivity index (χ1) is 47.6. The van der Waals surface area contributed by atoms with E-state index in [0.29, 0.717) is 12.8 Å². The Kier molecular flexibility index (Phi) is 59.8. The minimum absolute atomic E-state index is 0.240. The lowest BCUT2D eigenvalue weighted by molar-refractivity contribution is -0.359.